The zero-order chi connectivity index (χ0) is 12.6. The molecular formula is C14H17NO2S. The van der Waals surface area contributed by atoms with Crippen LogP contribution in [0.5, 0.6) is 0 Å². The fourth-order valence-corrected chi connectivity index (χ4v) is 3.75. The van der Waals surface area contributed by atoms with Gasteiger partial charge in [0.2, 0.25) is 0 Å². The molecule has 1 aromatic rings. The van der Waals surface area contributed by atoms with E-state index in [4.69, 9.17) is 0 Å². The number of sulfone groups is 1. The molecule has 2 aliphatic rings. The fraction of sp³-hybridized carbons (Fsp3) is 0.429. The van der Waals surface area contributed by atoms with Crippen LogP contribution in [-0.2, 0) is 9.84 Å². The molecule has 0 spiro atoms. The Morgan fingerprint density at radius 2 is 1.89 bits per heavy atom. The first-order chi connectivity index (χ1) is 8.64. The lowest BCUT2D eigenvalue weighted by atomic mass is 10.0. The van der Waals surface area contributed by atoms with Crippen LogP contribution >= 0.6 is 0 Å². The molecule has 0 bridgehead atoms. The van der Waals surface area contributed by atoms with Crippen molar-refractivity contribution in [3.05, 3.63) is 47.4 Å². The van der Waals surface area contributed by atoms with Crippen molar-refractivity contribution < 1.29 is 8.42 Å². The molecule has 0 radical (unpaired) electrons. The minimum Gasteiger partial charge on any atom is -0.302 e. The first kappa shape index (κ1) is 11.9. The molecule has 1 aliphatic carbocycles. The fourth-order valence-electron chi connectivity index (χ4n) is 2.50. The Hall–Kier alpha value is -1.13. The van der Waals surface area contributed by atoms with Gasteiger partial charge in [0, 0.05) is 17.5 Å². The Morgan fingerprint density at radius 3 is 2.44 bits per heavy atom. The summed E-state index contributed by atoms with van der Waals surface area (Å²) in [5.74, 6) is 0.854. The van der Waals surface area contributed by atoms with Gasteiger partial charge >= 0.3 is 0 Å². The summed E-state index contributed by atoms with van der Waals surface area (Å²) < 4.78 is 22.8. The van der Waals surface area contributed by atoms with Gasteiger partial charge in [-0.1, -0.05) is 36.4 Å². The predicted molar refractivity (Wildman–Crippen MR) is 71.8 cm³/mol. The SMILES string of the molecule is O=S1(=O)C=CC(NC(c2ccccc2)C2CC2)C1. The third kappa shape index (κ3) is 2.65. The topological polar surface area (TPSA) is 46.2 Å². The molecule has 0 saturated heterocycles. The summed E-state index contributed by atoms with van der Waals surface area (Å²) in [7, 11) is -2.97. The second kappa shape index (κ2) is 4.52. The normalized spacial score (nSPS) is 27.2. The van der Waals surface area contributed by atoms with E-state index in [1.807, 2.05) is 18.2 Å². The number of nitrogens with one attached hydrogen (secondary N) is 1. The molecule has 2 unspecified atom stereocenters. The van der Waals surface area contributed by atoms with Crippen molar-refractivity contribution in [2.75, 3.05) is 5.75 Å². The molecule has 1 heterocycles. The Labute approximate surface area is 108 Å². The van der Waals surface area contributed by atoms with Crippen molar-refractivity contribution in [1.29, 1.82) is 0 Å². The number of hydrogen-bond acceptors (Lipinski definition) is 3. The van der Waals surface area contributed by atoms with E-state index in [0.29, 0.717) is 5.92 Å². The lowest BCUT2D eigenvalue weighted by molar-refractivity contribution is 0.458. The van der Waals surface area contributed by atoms with E-state index in [-0.39, 0.29) is 17.8 Å². The van der Waals surface area contributed by atoms with Crippen molar-refractivity contribution in [1.82, 2.24) is 5.32 Å². The first-order valence-corrected chi connectivity index (χ1v) is 8.07. The Kier molecular flexibility index (Phi) is 2.99. The molecule has 3 nitrogen and oxygen atoms in total. The van der Waals surface area contributed by atoms with Crippen LogP contribution < -0.4 is 5.32 Å². The monoisotopic (exact) mass is 263 g/mol. The highest BCUT2D eigenvalue weighted by Crippen LogP contribution is 2.41. The van der Waals surface area contributed by atoms with E-state index >= 15 is 0 Å². The lowest BCUT2D eigenvalue weighted by Crippen LogP contribution is -2.34. The maximum atomic E-state index is 11.4. The van der Waals surface area contributed by atoms with Gasteiger partial charge in [-0.2, -0.15) is 0 Å². The molecule has 1 N–H and O–H groups in total. The van der Waals surface area contributed by atoms with Crippen LogP contribution in [0.4, 0.5) is 0 Å². The summed E-state index contributed by atoms with van der Waals surface area (Å²) in [4.78, 5) is 0. The number of benzene rings is 1. The lowest BCUT2D eigenvalue weighted by Gasteiger charge is -2.22. The zero-order valence-electron chi connectivity index (χ0n) is 10.1. The molecule has 4 heteroatoms. The summed E-state index contributed by atoms with van der Waals surface area (Å²) in [5.41, 5.74) is 1.26. The van der Waals surface area contributed by atoms with Crippen LogP contribution in [0.1, 0.15) is 24.4 Å². The van der Waals surface area contributed by atoms with E-state index in [1.54, 1.807) is 6.08 Å². The Morgan fingerprint density at radius 1 is 1.17 bits per heavy atom. The van der Waals surface area contributed by atoms with Crippen molar-refractivity contribution in [2.24, 2.45) is 5.92 Å². The van der Waals surface area contributed by atoms with Gasteiger partial charge in [-0.15, -0.1) is 0 Å². The van der Waals surface area contributed by atoms with Gasteiger partial charge in [0.05, 0.1) is 5.75 Å². The molecule has 1 aromatic carbocycles. The largest absolute Gasteiger partial charge is 0.302 e. The smallest absolute Gasteiger partial charge is 0.173 e. The summed E-state index contributed by atoms with van der Waals surface area (Å²) in [6, 6.07) is 10.6. The molecule has 2 atom stereocenters. The van der Waals surface area contributed by atoms with Crippen LogP contribution in [0.2, 0.25) is 0 Å². The molecule has 18 heavy (non-hydrogen) atoms. The van der Waals surface area contributed by atoms with E-state index < -0.39 is 9.84 Å². The molecule has 96 valence electrons. The van der Waals surface area contributed by atoms with Gasteiger partial charge in [-0.3, -0.25) is 0 Å². The molecule has 3 rings (SSSR count). The highest BCUT2D eigenvalue weighted by molar-refractivity contribution is 7.94. The van der Waals surface area contributed by atoms with Crippen LogP contribution in [0.25, 0.3) is 0 Å². The van der Waals surface area contributed by atoms with E-state index in [1.165, 1.54) is 23.8 Å². The second-order valence-electron chi connectivity index (χ2n) is 5.16. The summed E-state index contributed by atoms with van der Waals surface area (Å²) in [6.45, 7) is 0. The van der Waals surface area contributed by atoms with Gasteiger partial charge in [0.15, 0.2) is 9.84 Å². The van der Waals surface area contributed by atoms with E-state index in [0.717, 1.165) is 0 Å². The van der Waals surface area contributed by atoms with Gasteiger partial charge in [0.25, 0.3) is 0 Å². The summed E-state index contributed by atoms with van der Waals surface area (Å²) in [6.07, 6.45) is 4.24. The van der Waals surface area contributed by atoms with E-state index in [9.17, 15) is 8.42 Å². The molecule has 0 amide bonds. The predicted octanol–water partition coefficient (Wildman–Crippen LogP) is 2.04. The van der Waals surface area contributed by atoms with E-state index in [2.05, 4.69) is 17.4 Å². The summed E-state index contributed by atoms with van der Waals surface area (Å²) in [5, 5.41) is 4.82. The molecule has 1 fully saturated rings. The maximum Gasteiger partial charge on any atom is 0.173 e. The maximum absolute atomic E-state index is 11.4. The average Bonchev–Trinajstić information content (AvgIpc) is 3.13. The van der Waals surface area contributed by atoms with Gasteiger partial charge in [0.1, 0.15) is 0 Å². The van der Waals surface area contributed by atoms with Crippen LogP contribution in [0, 0.1) is 5.92 Å². The zero-order valence-corrected chi connectivity index (χ0v) is 10.9. The third-order valence-electron chi connectivity index (χ3n) is 3.58. The number of hydrogen-bond donors (Lipinski definition) is 1. The van der Waals surface area contributed by atoms with Crippen LogP contribution in [-0.4, -0.2) is 20.2 Å². The van der Waals surface area contributed by atoms with Crippen molar-refractivity contribution >= 4 is 9.84 Å². The minimum atomic E-state index is -2.97. The van der Waals surface area contributed by atoms with Crippen molar-refractivity contribution in [2.45, 2.75) is 24.9 Å². The first-order valence-electron chi connectivity index (χ1n) is 6.36. The Balaban J connectivity index is 1.75. The minimum absolute atomic E-state index is 0.0409. The molecular weight excluding hydrogens is 246 g/mol. The van der Waals surface area contributed by atoms with Gasteiger partial charge in [-0.25, -0.2) is 8.42 Å². The quantitative estimate of drug-likeness (QED) is 0.904. The highest BCUT2D eigenvalue weighted by Gasteiger charge is 2.34. The van der Waals surface area contributed by atoms with Gasteiger partial charge in [-0.05, 0) is 24.3 Å². The van der Waals surface area contributed by atoms with Crippen molar-refractivity contribution in [3.8, 4) is 0 Å². The highest BCUT2D eigenvalue weighted by atomic mass is 32.2. The molecule has 1 aliphatic heterocycles. The number of rotatable bonds is 4. The third-order valence-corrected chi connectivity index (χ3v) is 4.97. The Bertz CT molecular complexity index is 546. The van der Waals surface area contributed by atoms with Crippen LogP contribution in [0.3, 0.4) is 0 Å². The molecule has 0 aromatic heterocycles. The van der Waals surface area contributed by atoms with Crippen LogP contribution in [0.15, 0.2) is 41.8 Å². The van der Waals surface area contributed by atoms with Gasteiger partial charge < -0.3 is 5.32 Å². The standard InChI is InChI=1S/C14H17NO2S/c16-18(17)9-8-13(10-18)15-14(12-6-7-12)11-4-2-1-3-5-11/h1-5,8-9,12-15H,6-7,10H2. The second-order valence-corrected chi connectivity index (χ2v) is 7.09. The molecule has 1 saturated carbocycles. The summed E-state index contributed by atoms with van der Waals surface area (Å²) >= 11 is 0. The average molecular weight is 263 g/mol. The van der Waals surface area contributed by atoms with Crippen molar-refractivity contribution in [3.63, 3.8) is 0 Å².